The molecule has 0 aliphatic carbocycles. The van der Waals surface area contributed by atoms with Crippen molar-refractivity contribution < 1.29 is 27.8 Å². The van der Waals surface area contributed by atoms with Gasteiger partial charge in [-0.05, 0) is 30.2 Å². The van der Waals surface area contributed by atoms with E-state index in [1.165, 1.54) is 33.5 Å². The van der Waals surface area contributed by atoms with E-state index >= 15 is 0 Å². The van der Waals surface area contributed by atoms with E-state index in [0.717, 1.165) is 5.56 Å². The van der Waals surface area contributed by atoms with Crippen molar-refractivity contribution >= 4 is 35.0 Å². The van der Waals surface area contributed by atoms with Gasteiger partial charge in [0.1, 0.15) is 0 Å². The van der Waals surface area contributed by atoms with Crippen LogP contribution in [-0.4, -0.2) is 33.0 Å². The molecule has 1 amide bonds. The zero-order valence-corrected chi connectivity index (χ0v) is 17.1. The monoisotopic (exact) mass is 431 g/mol. The second-order valence-electron chi connectivity index (χ2n) is 5.54. The minimum Gasteiger partial charge on any atom is -0.493 e. The smallest absolute Gasteiger partial charge is 0.289 e. The Hall–Kier alpha value is -2.19. The number of anilines is 1. The quantitative estimate of drug-likeness (QED) is 0.549. The summed E-state index contributed by atoms with van der Waals surface area (Å²) < 4.78 is 41.5. The summed E-state index contributed by atoms with van der Waals surface area (Å²) in [7, 11) is 4.52. The number of hydrogen-bond donors (Lipinski definition) is 1. The van der Waals surface area contributed by atoms with Gasteiger partial charge in [0, 0.05) is 6.42 Å². The summed E-state index contributed by atoms with van der Waals surface area (Å²) in [4.78, 5) is 12.5. The van der Waals surface area contributed by atoms with Crippen molar-refractivity contribution in [2.24, 2.45) is 0 Å². The van der Waals surface area contributed by atoms with Crippen LogP contribution in [0, 0.1) is 0 Å². The maximum atomic E-state index is 12.8. The Labute approximate surface area is 171 Å². The van der Waals surface area contributed by atoms with Gasteiger partial charge < -0.3 is 19.5 Å². The highest BCUT2D eigenvalue weighted by molar-refractivity contribution is 7.99. The minimum atomic E-state index is -2.65. The summed E-state index contributed by atoms with van der Waals surface area (Å²) in [6.45, 7) is 0. The number of rotatable bonds is 9. The highest BCUT2D eigenvalue weighted by atomic mass is 35.5. The SMILES string of the molecule is COc1ccc(CCC(=O)Nc2cccc(Cl)c2SC(F)F)c(OC)c1OC. The molecule has 0 radical (unpaired) electrons. The molecule has 0 aromatic heterocycles. The summed E-state index contributed by atoms with van der Waals surface area (Å²) in [5, 5.41) is 2.80. The fourth-order valence-corrected chi connectivity index (χ4v) is 3.55. The fourth-order valence-electron chi connectivity index (χ4n) is 2.64. The normalized spacial score (nSPS) is 10.7. The number of amides is 1. The molecule has 2 aromatic rings. The Balaban J connectivity index is 2.13. The topological polar surface area (TPSA) is 56.8 Å². The van der Waals surface area contributed by atoms with Crippen molar-refractivity contribution in [2.45, 2.75) is 23.5 Å². The molecule has 5 nitrogen and oxygen atoms in total. The Bertz CT molecular complexity index is 836. The average Bonchev–Trinajstić information content (AvgIpc) is 2.67. The molecule has 0 aliphatic heterocycles. The molecule has 1 N–H and O–H groups in total. The Morgan fingerprint density at radius 1 is 1.11 bits per heavy atom. The van der Waals surface area contributed by atoms with Crippen LogP contribution >= 0.6 is 23.4 Å². The van der Waals surface area contributed by atoms with Gasteiger partial charge in [0.15, 0.2) is 11.5 Å². The molecule has 2 aromatic carbocycles. The molecule has 2 rings (SSSR count). The third-order valence-corrected chi connectivity index (χ3v) is 5.14. The van der Waals surface area contributed by atoms with E-state index in [4.69, 9.17) is 25.8 Å². The first-order valence-corrected chi connectivity index (χ1v) is 9.48. The summed E-state index contributed by atoms with van der Waals surface area (Å²) in [6.07, 6.45) is 0.463. The molecule has 0 aliphatic rings. The first-order chi connectivity index (χ1) is 13.4. The molecule has 28 heavy (non-hydrogen) atoms. The number of aryl methyl sites for hydroxylation is 1. The number of thioether (sulfide) groups is 1. The van der Waals surface area contributed by atoms with E-state index in [9.17, 15) is 13.6 Å². The molecule has 0 saturated heterocycles. The van der Waals surface area contributed by atoms with E-state index in [1.54, 1.807) is 18.2 Å². The summed E-state index contributed by atoms with van der Waals surface area (Å²) in [5.74, 6) is -1.55. The van der Waals surface area contributed by atoms with Crippen LogP contribution in [0.3, 0.4) is 0 Å². The molecular weight excluding hydrogens is 412 g/mol. The van der Waals surface area contributed by atoms with Crippen molar-refractivity contribution in [3.8, 4) is 17.2 Å². The van der Waals surface area contributed by atoms with Gasteiger partial charge in [-0.3, -0.25) is 4.79 Å². The zero-order valence-electron chi connectivity index (χ0n) is 15.6. The van der Waals surface area contributed by atoms with Crippen LogP contribution in [0.1, 0.15) is 12.0 Å². The molecule has 0 spiro atoms. The van der Waals surface area contributed by atoms with Gasteiger partial charge in [0.25, 0.3) is 5.76 Å². The number of methoxy groups -OCH3 is 3. The molecule has 0 bridgehead atoms. The number of benzene rings is 2. The zero-order chi connectivity index (χ0) is 20.7. The van der Waals surface area contributed by atoms with Crippen LogP contribution in [0.2, 0.25) is 5.02 Å². The minimum absolute atomic E-state index is 0.108. The Kier molecular flexibility index (Phi) is 8.19. The summed E-state index contributed by atoms with van der Waals surface area (Å²) >= 11 is 6.28. The fraction of sp³-hybridized carbons (Fsp3) is 0.316. The second-order valence-corrected chi connectivity index (χ2v) is 6.94. The Morgan fingerprint density at radius 2 is 1.82 bits per heavy atom. The molecule has 152 valence electrons. The number of ether oxygens (including phenoxy) is 3. The molecular formula is C19H20ClF2NO4S. The predicted molar refractivity (Wildman–Crippen MR) is 106 cm³/mol. The van der Waals surface area contributed by atoms with Crippen LogP contribution in [0.25, 0.3) is 0 Å². The summed E-state index contributed by atoms with van der Waals surface area (Å²) in [5.41, 5.74) is 1.01. The average molecular weight is 432 g/mol. The van der Waals surface area contributed by atoms with Crippen LogP contribution in [0.4, 0.5) is 14.5 Å². The van der Waals surface area contributed by atoms with Gasteiger partial charge in [-0.15, -0.1) is 0 Å². The highest BCUT2D eigenvalue weighted by Gasteiger charge is 2.18. The number of hydrogen-bond acceptors (Lipinski definition) is 5. The molecule has 0 unspecified atom stereocenters. The van der Waals surface area contributed by atoms with E-state index < -0.39 is 5.76 Å². The van der Waals surface area contributed by atoms with Gasteiger partial charge in [-0.1, -0.05) is 35.5 Å². The standard InChI is InChI=1S/C19H20ClF2NO4S/c1-25-14-9-7-11(16(26-2)17(14)27-3)8-10-15(24)23-13-6-4-5-12(20)18(13)28-19(21)22/h4-7,9,19H,8,10H2,1-3H3,(H,23,24). The van der Waals surface area contributed by atoms with Gasteiger partial charge >= 0.3 is 0 Å². The van der Waals surface area contributed by atoms with Crippen molar-refractivity contribution in [2.75, 3.05) is 26.6 Å². The lowest BCUT2D eigenvalue weighted by Gasteiger charge is -2.16. The molecule has 0 saturated carbocycles. The van der Waals surface area contributed by atoms with Crippen LogP contribution in [0.15, 0.2) is 35.2 Å². The first kappa shape index (κ1) is 22.1. The number of halogens is 3. The lowest BCUT2D eigenvalue weighted by molar-refractivity contribution is -0.116. The van der Waals surface area contributed by atoms with Crippen molar-refractivity contribution in [1.82, 2.24) is 0 Å². The van der Waals surface area contributed by atoms with E-state index in [1.807, 2.05) is 0 Å². The largest absolute Gasteiger partial charge is 0.493 e. The van der Waals surface area contributed by atoms with Crippen LogP contribution < -0.4 is 19.5 Å². The number of carbonyl (C=O) groups is 1. The molecule has 0 heterocycles. The number of carbonyl (C=O) groups excluding carboxylic acids is 1. The Morgan fingerprint density at radius 3 is 2.43 bits per heavy atom. The first-order valence-electron chi connectivity index (χ1n) is 8.22. The molecule has 9 heteroatoms. The molecule has 0 fully saturated rings. The van der Waals surface area contributed by atoms with E-state index in [0.29, 0.717) is 35.4 Å². The number of nitrogens with one attached hydrogen (secondary N) is 1. The van der Waals surface area contributed by atoms with E-state index in [2.05, 4.69) is 5.32 Å². The van der Waals surface area contributed by atoms with Gasteiger partial charge in [-0.2, -0.15) is 8.78 Å². The molecule has 0 atom stereocenters. The van der Waals surface area contributed by atoms with Gasteiger partial charge in [-0.25, -0.2) is 0 Å². The van der Waals surface area contributed by atoms with Crippen molar-refractivity contribution in [1.29, 1.82) is 0 Å². The number of alkyl halides is 2. The van der Waals surface area contributed by atoms with Gasteiger partial charge in [0.05, 0.1) is 36.9 Å². The second kappa shape index (κ2) is 10.4. The predicted octanol–water partition coefficient (Wildman–Crippen LogP) is 5.25. The van der Waals surface area contributed by atoms with E-state index in [-0.39, 0.29) is 27.9 Å². The van der Waals surface area contributed by atoms with Crippen LogP contribution in [-0.2, 0) is 11.2 Å². The maximum absolute atomic E-state index is 12.8. The third kappa shape index (κ3) is 5.42. The summed E-state index contributed by atoms with van der Waals surface area (Å²) in [6, 6.07) is 8.13. The third-order valence-electron chi connectivity index (χ3n) is 3.86. The van der Waals surface area contributed by atoms with Crippen molar-refractivity contribution in [3.05, 3.63) is 40.9 Å². The van der Waals surface area contributed by atoms with Crippen LogP contribution in [0.5, 0.6) is 17.2 Å². The lowest BCUT2D eigenvalue weighted by atomic mass is 10.1. The maximum Gasteiger partial charge on any atom is 0.289 e. The lowest BCUT2D eigenvalue weighted by Crippen LogP contribution is -2.13. The van der Waals surface area contributed by atoms with Crippen molar-refractivity contribution in [3.63, 3.8) is 0 Å². The van der Waals surface area contributed by atoms with Gasteiger partial charge in [0.2, 0.25) is 11.7 Å². The highest BCUT2D eigenvalue weighted by Crippen LogP contribution is 2.40.